The molecule has 0 fully saturated rings. The van der Waals surface area contributed by atoms with Crippen LogP contribution in [-0.4, -0.2) is 24.4 Å². The molecule has 0 atom stereocenters. The van der Waals surface area contributed by atoms with Gasteiger partial charge in [-0.15, -0.1) is 0 Å². The van der Waals surface area contributed by atoms with Crippen molar-refractivity contribution < 1.29 is 9.53 Å². The number of ether oxygens (including phenoxy) is 1. The van der Waals surface area contributed by atoms with Gasteiger partial charge in [-0.2, -0.15) is 0 Å². The van der Waals surface area contributed by atoms with Crippen LogP contribution in [0.5, 0.6) is 0 Å². The van der Waals surface area contributed by atoms with E-state index in [0.717, 1.165) is 11.3 Å². The fraction of sp³-hybridized carbons (Fsp3) is 0.154. The number of carbonyl (C=O) groups is 1. The van der Waals surface area contributed by atoms with Gasteiger partial charge in [0.2, 0.25) is 0 Å². The lowest BCUT2D eigenvalue weighted by Gasteiger charge is -2.14. The Bertz CT molecular complexity index is 1170. The van der Waals surface area contributed by atoms with Crippen molar-refractivity contribution >= 4 is 29.1 Å². The van der Waals surface area contributed by atoms with Gasteiger partial charge in [-0.3, -0.25) is 0 Å². The van der Waals surface area contributed by atoms with Crippen LogP contribution in [0.3, 0.4) is 0 Å². The minimum Gasteiger partial charge on any atom is -0.449 e. The Balaban J connectivity index is 1.29. The van der Waals surface area contributed by atoms with Crippen LogP contribution in [0.15, 0.2) is 72.8 Å². The smallest absolute Gasteiger partial charge is 0.407 e. The van der Waals surface area contributed by atoms with Gasteiger partial charge < -0.3 is 21.1 Å². The molecule has 1 aliphatic carbocycles. The van der Waals surface area contributed by atoms with Crippen LogP contribution in [0.2, 0.25) is 0 Å². The summed E-state index contributed by atoms with van der Waals surface area (Å²) in [6, 6.07) is 24.0. The molecule has 3 aromatic carbocycles. The van der Waals surface area contributed by atoms with E-state index in [1.165, 1.54) is 22.3 Å². The number of carbonyl (C=O) groups excluding carboxylic acids is 1. The molecule has 0 aromatic heterocycles. The predicted molar refractivity (Wildman–Crippen MR) is 131 cm³/mol. The van der Waals surface area contributed by atoms with Gasteiger partial charge in [-0.05, 0) is 46.6 Å². The number of hydrogen-bond acceptors (Lipinski definition) is 3. The summed E-state index contributed by atoms with van der Waals surface area (Å²) < 4.78 is 5.53. The number of hydrogen-bond donors (Lipinski definition) is 3. The topological polar surface area (TPSA) is 76.4 Å². The Labute approximate surface area is 193 Å². The highest BCUT2D eigenvalue weighted by Crippen LogP contribution is 2.44. The summed E-state index contributed by atoms with van der Waals surface area (Å²) in [7, 11) is 0. The Kier molecular flexibility index (Phi) is 6.69. The maximum atomic E-state index is 12.2. The van der Waals surface area contributed by atoms with Gasteiger partial charge in [0.15, 0.2) is 5.11 Å². The van der Waals surface area contributed by atoms with Crippen LogP contribution >= 0.6 is 12.2 Å². The first-order chi connectivity index (χ1) is 15.6. The van der Waals surface area contributed by atoms with Gasteiger partial charge in [0.05, 0.1) is 5.69 Å². The van der Waals surface area contributed by atoms with Crippen LogP contribution in [0.4, 0.5) is 10.5 Å². The molecule has 32 heavy (non-hydrogen) atoms. The van der Waals surface area contributed by atoms with Crippen molar-refractivity contribution in [1.82, 2.24) is 5.32 Å². The van der Waals surface area contributed by atoms with Crippen molar-refractivity contribution in [2.75, 3.05) is 18.5 Å². The lowest BCUT2D eigenvalue weighted by atomic mass is 9.98. The average molecular weight is 442 g/mol. The third kappa shape index (κ3) is 4.90. The zero-order valence-corrected chi connectivity index (χ0v) is 18.2. The Morgan fingerprint density at radius 1 is 0.969 bits per heavy atom. The molecule has 0 spiro atoms. The molecule has 0 heterocycles. The van der Waals surface area contributed by atoms with E-state index < -0.39 is 6.09 Å². The van der Waals surface area contributed by atoms with Crippen molar-refractivity contribution in [2.24, 2.45) is 5.73 Å². The zero-order chi connectivity index (χ0) is 22.3. The van der Waals surface area contributed by atoms with Crippen LogP contribution < -0.4 is 16.4 Å². The molecule has 0 radical (unpaired) electrons. The average Bonchev–Trinajstić information content (AvgIpc) is 3.12. The highest BCUT2D eigenvalue weighted by Gasteiger charge is 2.28. The first-order valence-corrected chi connectivity index (χ1v) is 10.8. The van der Waals surface area contributed by atoms with E-state index in [4.69, 9.17) is 22.7 Å². The number of benzene rings is 3. The van der Waals surface area contributed by atoms with E-state index in [0.29, 0.717) is 19.6 Å². The van der Waals surface area contributed by atoms with E-state index in [9.17, 15) is 4.79 Å². The third-order valence-corrected chi connectivity index (χ3v) is 5.37. The van der Waals surface area contributed by atoms with Gasteiger partial charge in [0, 0.05) is 24.4 Å². The summed E-state index contributed by atoms with van der Waals surface area (Å²) in [5, 5.41) is 5.87. The number of anilines is 1. The Morgan fingerprint density at radius 2 is 1.59 bits per heavy atom. The number of para-hydroxylation sites is 1. The molecule has 5 nitrogen and oxygen atoms in total. The fourth-order valence-corrected chi connectivity index (χ4v) is 3.98. The minimum atomic E-state index is -0.441. The lowest BCUT2D eigenvalue weighted by molar-refractivity contribution is 0.143. The summed E-state index contributed by atoms with van der Waals surface area (Å²) in [6.07, 6.45) is 0.0511. The van der Waals surface area contributed by atoms with Crippen LogP contribution in [0.1, 0.15) is 29.0 Å². The molecule has 0 bridgehead atoms. The van der Waals surface area contributed by atoms with Crippen molar-refractivity contribution in [1.29, 1.82) is 0 Å². The van der Waals surface area contributed by atoms with Crippen molar-refractivity contribution in [3.63, 3.8) is 0 Å². The van der Waals surface area contributed by atoms with Gasteiger partial charge in [-0.25, -0.2) is 4.79 Å². The SMILES string of the molecule is NC(=S)Nc1ccccc1C#CCCNC(=O)OCC1c2ccccc2-c2ccccc21. The second kappa shape index (κ2) is 9.99. The van der Waals surface area contributed by atoms with E-state index in [1.807, 2.05) is 48.5 Å². The minimum absolute atomic E-state index is 0.0468. The zero-order valence-electron chi connectivity index (χ0n) is 17.4. The molecule has 1 amide bonds. The quantitative estimate of drug-likeness (QED) is 0.306. The summed E-state index contributed by atoms with van der Waals surface area (Å²) in [4.78, 5) is 12.2. The number of nitrogens with one attached hydrogen (secondary N) is 2. The van der Waals surface area contributed by atoms with Gasteiger partial charge in [-0.1, -0.05) is 72.5 Å². The lowest BCUT2D eigenvalue weighted by Crippen LogP contribution is -2.26. The molecule has 0 aliphatic heterocycles. The maximum absolute atomic E-state index is 12.2. The van der Waals surface area contributed by atoms with Crippen LogP contribution in [-0.2, 0) is 4.74 Å². The molecular formula is C26H23N3O2S. The molecule has 0 unspecified atom stereocenters. The van der Waals surface area contributed by atoms with Gasteiger partial charge in [0.25, 0.3) is 0 Å². The Morgan fingerprint density at radius 3 is 2.28 bits per heavy atom. The van der Waals surface area contributed by atoms with E-state index in [2.05, 4.69) is 46.7 Å². The maximum Gasteiger partial charge on any atom is 0.407 e. The van der Waals surface area contributed by atoms with Crippen LogP contribution in [0, 0.1) is 11.8 Å². The standard InChI is InChI=1S/C26H23N3O2S/c27-25(32)29-24-15-6-1-9-18(24)10-7-8-16-28-26(30)31-17-23-21-13-4-2-11-19(21)20-12-3-5-14-22(20)23/h1-6,9,11-15,23H,8,16-17H2,(H,28,30)(H3,27,29,32). The second-order valence-electron chi connectivity index (χ2n) is 7.34. The number of thiocarbonyl (C=S) groups is 1. The van der Waals surface area contributed by atoms with E-state index in [-0.39, 0.29) is 11.0 Å². The molecule has 3 aromatic rings. The molecule has 0 saturated carbocycles. The first kappa shape index (κ1) is 21.4. The van der Waals surface area contributed by atoms with Crippen molar-refractivity contribution in [3.8, 4) is 23.0 Å². The number of fused-ring (bicyclic) bond motifs is 3. The Hall–Kier alpha value is -3.82. The molecule has 6 heteroatoms. The highest BCUT2D eigenvalue weighted by molar-refractivity contribution is 7.80. The van der Waals surface area contributed by atoms with Crippen molar-refractivity contribution in [3.05, 3.63) is 89.5 Å². The first-order valence-electron chi connectivity index (χ1n) is 10.4. The normalized spacial score (nSPS) is 11.5. The molecule has 1 aliphatic rings. The van der Waals surface area contributed by atoms with Crippen LogP contribution in [0.25, 0.3) is 11.1 Å². The number of amides is 1. The number of nitrogens with two attached hydrogens (primary N) is 1. The molecule has 4 rings (SSSR count). The number of rotatable bonds is 5. The largest absolute Gasteiger partial charge is 0.449 e. The monoisotopic (exact) mass is 441 g/mol. The number of alkyl carbamates (subject to hydrolysis) is 1. The molecule has 160 valence electrons. The van der Waals surface area contributed by atoms with Crippen molar-refractivity contribution in [2.45, 2.75) is 12.3 Å². The predicted octanol–water partition coefficient (Wildman–Crippen LogP) is 4.62. The van der Waals surface area contributed by atoms with E-state index in [1.54, 1.807) is 0 Å². The third-order valence-electron chi connectivity index (χ3n) is 5.27. The highest BCUT2D eigenvalue weighted by atomic mass is 32.1. The van der Waals surface area contributed by atoms with Gasteiger partial charge >= 0.3 is 6.09 Å². The summed E-state index contributed by atoms with van der Waals surface area (Å²) in [6.45, 7) is 0.693. The second-order valence-corrected chi connectivity index (χ2v) is 7.78. The van der Waals surface area contributed by atoms with E-state index >= 15 is 0 Å². The summed E-state index contributed by atoms with van der Waals surface area (Å²) in [5.74, 6) is 6.17. The molecular weight excluding hydrogens is 418 g/mol. The molecule has 0 saturated heterocycles. The summed E-state index contributed by atoms with van der Waals surface area (Å²) >= 11 is 4.89. The summed E-state index contributed by atoms with van der Waals surface area (Å²) in [5.41, 5.74) is 11.9. The molecule has 4 N–H and O–H groups in total. The van der Waals surface area contributed by atoms with Gasteiger partial charge in [0.1, 0.15) is 6.61 Å². The fourth-order valence-electron chi connectivity index (χ4n) is 3.87.